The molecule has 0 aliphatic heterocycles. The Hall–Kier alpha value is -5.00. The first-order chi connectivity index (χ1) is 25.7. The minimum Gasteiger partial charge on any atom is -0.744 e. The molecule has 0 amide bonds. The molecule has 3 aliphatic rings. The number of nitrogens with zero attached hydrogens (tertiary/aromatic N) is 5. The SMILES string of the molecule is Nc1c(N=Nc2ccc(NN=C3C=CC(=O)C=C3)cc2)c(S(=O)(=O)[O-])cc2c1C(=O)/C(=N/Nc1ccc(NN=C3C=CC(=O)C=C3)cc1)C(S(=O)(=O)[O-])=C2.[Na+].[Na+]. The van der Waals surface area contributed by atoms with E-state index in [0.29, 0.717) is 34.9 Å². The molecule has 0 spiro atoms. The molecular formula is C34H23N9Na2O9S2. The van der Waals surface area contributed by atoms with Gasteiger partial charge in [0, 0.05) is 0 Å². The number of carbonyl (C=O) groups is 3. The molecule has 0 aromatic heterocycles. The first kappa shape index (κ1) is 43.7. The zero-order valence-corrected chi connectivity index (χ0v) is 34.8. The van der Waals surface area contributed by atoms with Crippen LogP contribution >= 0.6 is 0 Å². The number of hydrogen-bond donors (Lipinski definition) is 4. The number of rotatable bonds is 10. The second-order valence-electron chi connectivity index (χ2n) is 11.2. The summed E-state index contributed by atoms with van der Waals surface area (Å²) in [6.07, 6.45) is 12.2. The third-order valence-electron chi connectivity index (χ3n) is 7.45. The van der Waals surface area contributed by atoms with Crippen LogP contribution in [0, 0.1) is 0 Å². The summed E-state index contributed by atoms with van der Waals surface area (Å²) in [4.78, 5) is 34.1. The van der Waals surface area contributed by atoms with Gasteiger partial charge in [0.05, 0.1) is 55.2 Å². The number of benzene rings is 3. The predicted octanol–water partition coefficient (Wildman–Crippen LogP) is -1.93. The van der Waals surface area contributed by atoms with E-state index in [1.807, 2.05) is 0 Å². The van der Waals surface area contributed by atoms with E-state index in [-0.39, 0.29) is 82.1 Å². The van der Waals surface area contributed by atoms with E-state index in [1.54, 1.807) is 24.3 Å². The first-order valence-corrected chi connectivity index (χ1v) is 18.1. The summed E-state index contributed by atoms with van der Waals surface area (Å²) in [5, 5.41) is 20.0. The molecule has 0 saturated heterocycles. The number of nitrogens with two attached hydrogens (primary N) is 1. The molecule has 272 valence electrons. The Bertz CT molecular complexity index is 2600. The molecule has 56 heavy (non-hydrogen) atoms. The van der Waals surface area contributed by atoms with E-state index in [1.165, 1.54) is 72.9 Å². The van der Waals surface area contributed by atoms with Gasteiger partial charge in [0.1, 0.15) is 31.6 Å². The van der Waals surface area contributed by atoms with Crippen molar-refractivity contribution in [2.75, 3.05) is 22.0 Å². The third kappa shape index (κ3) is 10.6. The van der Waals surface area contributed by atoms with Gasteiger partial charge < -0.3 is 14.8 Å². The number of nitrogens with one attached hydrogen (secondary N) is 3. The Labute approximate surface area is 363 Å². The van der Waals surface area contributed by atoms with Crippen LogP contribution in [0.5, 0.6) is 0 Å². The average Bonchev–Trinajstić information content (AvgIpc) is 3.13. The van der Waals surface area contributed by atoms with Crippen LogP contribution in [-0.2, 0) is 29.8 Å². The summed E-state index contributed by atoms with van der Waals surface area (Å²) in [5.74, 6) is -1.54. The Morgan fingerprint density at radius 1 is 0.589 bits per heavy atom. The maximum absolute atomic E-state index is 13.7. The largest absolute Gasteiger partial charge is 1.00 e. The molecule has 0 saturated carbocycles. The minimum absolute atomic E-state index is 0. The van der Waals surface area contributed by atoms with Crippen molar-refractivity contribution in [3.05, 3.63) is 119 Å². The molecule has 0 bridgehead atoms. The topological polar surface area (TPSA) is 290 Å². The zero-order chi connectivity index (χ0) is 38.6. The van der Waals surface area contributed by atoms with Gasteiger partial charge in [-0.2, -0.15) is 20.4 Å². The van der Waals surface area contributed by atoms with Gasteiger partial charge in [-0.3, -0.25) is 30.7 Å². The van der Waals surface area contributed by atoms with Crippen LogP contribution in [0.3, 0.4) is 0 Å². The van der Waals surface area contributed by atoms with E-state index in [4.69, 9.17) is 5.73 Å². The van der Waals surface area contributed by atoms with Gasteiger partial charge in [0.2, 0.25) is 5.78 Å². The zero-order valence-electron chi connectivity index (χ0n) is 29.2. The number of Topliss-reactive ketones (excluding diaryl/α,β-unsaturated/α-hetero) is 1. The fraction of sp³-hybridized carbons (Fsp3) is 0. The fourth-order valence-electron chi connectivity index (χ4n) is 4.84. The van der Waals surface area contributed by atoms with E-state index in [2.05, 4.69) is 41.8 Å². The Morgan fingerprint density at radius 3 is 1.48 bits per heavy atom. The van der Waals surface area contributed by atoms with Crippen molar-refractivity contribution in [3.8, 4) is 0 Å². The monoisotopic (exact) mass is 811 g/mol. The van der Waals surface area contributed by atoms with Gasteiger partial charge >= 0.3 is 59.1 Å². The molecule has 18 nitrogen and oxygen atoms in total. The summed E-state index contributed by atoms with van der Waals surface area (Å²) in [6, 6.07) is 12.8. The molecule has 3 aromatic rings. The minimum atomic E-state index is -5.40. The van der Waals surface area contributed by atoms with Gasteiger partial charge in [0.25, 0.3) is 0 Å². The number of allylic oxidation sites excluding steroid dienone is 9. The quantitative estimate of drug-likeness (QED) is 0.0434. The number of carbonyl (C=O) groups excluding carboxylic acids is 3. The number of hydrazone groups is 3. The summed E-state index contributed by atoms with van der Waals surface area (Å²) >= 11 is 0. The van der Waals surface area contributed by atoms with Crippen LogP contribution in [0.15, 0.2) is 139 Å². The summed E-state index contributed by atoms with van der Waals surface area (Å²) in [5.41, 5.74) is 13.5. The maximum atomic E-state index is 13.7. The predicted molar refractivity (Wildman–Crippen MR) is 198 cm³/mol. The maximum Gasteiger partial charge on any atom is 1.00 e. The molecular weight excluding hydrogens is 789 g/mol. The fourth-order valence-corrected chi connectivity index (χ4v) is 6.14. The van der Waals surface area contributed by atoms with Crippen molar-refractivity contribution in [3.63, 3.8) is 0 Å². The van der Waals surface area contributed by atoms with Crippen molar-refractivity contribution < 1.29 is 99.4 Å². The second kappa shape index (κ2) is 18.3. The Morgan fingerprint density at radius 2 is 1.04 bits per heavy atom. The number of hydrogen-bond acceptors (Lipinski definition) is 18. The van der Waals surface area contributed by atoms with Crippen molar-refractivity contribution in [2.24, 2.45) is 25.5 Å². The second-order valence-corrected chi connectivity index (χ2v) is 13.9. The molecule has 0 radical (unpaired) electrons. The van der Waals surface area contributed by atoms with Gasteiger partial charge in [-0.25, -0.2) is 16.8 Å². The smallest absolute Gasteiger partial charge is 0.744 e. The van der Waals surface area contributed by atoms with Crippen LogP contribution in [-0.4, -0.2) is 60.4 Å². The third-order valence-corrected chi connectivity index (χ3v) is 9.15. The first-order valence-electron chi connectivity index (χ1n) is 15.2. The number of fused-ring (bicyclic) bond motifs is 1. The summed E-state index contributed by atoms with van der Waals surface area (Å²) < 4.78 is 73.7. The van der Waals surface area contributed by atoms with E-state index >= 15 is 0 Å². The molecule has 22 heteroatoms. The van der Waals surface area contributed by atoms with Crippen molar-refractivity contribution in [1.82, 2.24) is 0 Å². The van der Waals surface area contributed by atoms with Crippen LogP contribution < -0.4 is 81.1 Å². The van der Waals surface area contributed by atoms with E-state index < -0.39 is 64.0 Å². The van der Waals surface area contributed by atoms with Gasteiger partial charge in [-0.1, -0.05) is 0 Å². The van der Waals surface area contributed by atoms with Crippen molar-refractivity contribution >= 4 is 94.9 Å². The van der Waals surface area contributed by atoms with E-state index in [9.17, 15) is 40.3 Å². The number of nitrogen functional groups attached to an aromatic ring is 1. The number of anilines is 4. The molecule has 5 N–H and O–H groups in total. The van der Waals surface area contributed by atoms with Crippen molar-refractivity contribution in [1.29, 1.82) is 0 Å². The van der Waals surface area contributed by atoms with Gasteiger partial charge in [-0.05, 0) is 115 Å². The van der Waals surface area contributed by atoms with Gasteiger partial charge in [-0.15, -0.1) is 5.11 Å². The van der Waals surface area contributed by atoms with Crippen LogP contribution in [0.1, 0.15) is 15.9 Å². The van der Waals surface area contributed by atoms with Crippen molar-refractivity contribution in [2.45, 2.75) is 4.90 Å². The summed E-state index contributed by atoms with van der Waals surface area (Å²) in [6.45, 7) is 0. The Kier molecular flexibility index (Phi) is 14.3. The molecule has 3 aliphatic carbocycles. The molecule has 0 atom stereocenters. The molecule has 0 heterocycles. The number of ketones is 3. The average molecular weight is 812 g/mol. The molecule has 0 unspecified atom stereocenters. The number of azo groups is 1. The van der Waals surface area contributed by atoms with Crippen LogP contribution in [0.2, 0.25) is 0 Å². The summed E-state index contributed by atoms with van der Waals surface area (Å²) in [7, 11) is -10.8. The van der Waals surface area contributed by atoms with E-state index in [0.717, 1.165) is 0 Å². The molecule has 3 aromatic carbocycles. The molecule has 0 fully saturated rings. The Balaban J connectivity index is 0.00000348. The standard InChI is InChI=1S/C34H25N9O9S2.2Na/c35-31-30-19(17-28(53(47,48)49)32(31)42-40-22-5-1-20(2-6-22)36-38-24-9-13-26(44)14-10-24)18-29(54(50,51)52)33(34(30)46)43-41-23-7-3-21(4-8-23)37-39-25-11-15-27(45)16-12-25;;/h1-18,36-37,41H,35H2,(H,47,48,49)(H,50,51,52);;/q;2*+1/p-2/b42-40?,43-33+;;. The molecule has 6 rings (SSSR count). The van der Waals surface area contributed by atoms with Crippen LogP contribution in [0.4, 0.5) is 34.1 Å². The van der Waals surface area contributed by atoms with Gasteiger partial charge in [0.15, 0.2) is 11.6 Å². The normalized spacial score (nSPS) is 15.6. The van der Waals surface area contributed by atoms with Crippen LogP contribution in [0.25, 0.3) is 6.08 Å².